The van der Waals surface area contributed by atoms with Gasteiger partial charge in [-0.3, -0.25) is 4.90 Å². The van der Waals surface area contributed by atoms with Crippen molar-refractivity contribution in [2.75, 3.05) is 66.5 Å². The van der Waals surface area contributed by atoms with Gasteiger partial charge in [-0.15, -0.1) is 0 Å². The first kappa shape index (κ1) is 15.2. The molecule has 0 amide bonds. The van der Waals surface area contributed by atoms with Crippen molar-refractivity contribution in [3.05, 3.63) is 0 Å². The summed E-state index contributed by atoms with van der Waals surface area (Å²) in [6.07, 6.45) is 2.80. The Morgan fingerprint density at radius 3 is 2.32 bits per heavy atom. The lowest BCUT2D eigenvalue weighted by Crippen LogP contribution is -2.49. The monoisotopic (exact) mass is 268 g/mol. The van der Waals surface area contributed by atoms with Gasteiger partial charge in [0, 0.05) is 51.9 Å². The molecular formula is C15H32N4. The summed E-state index contributed by atoms with van der Waals surface area (Å²) >= 11 is 0. The van der Waals surface area contributed by atoms with Gasteiger partial charge in [-0.05, 0) is 39.4 Å². The smallest absolute Gasteiger partial charge is 0.0110 e. The first-order valence-electron chi connectivity index (χ1n) is 7.96. The Kier molecular flexibility index (Phi) is 6.07. The SMILES string of the molecule is CC(CNC1CC1)CN1CCN(CCN(C)C)CC1. The Labute approximate surface area is 119 Å². The summed E-state index contributed by atoms with van der Waals surface area (Å²) in [6, 6.07) is 0.852. The number of hydrogen-bond acceptors (Lipinski definition) is 4. The van der Waals surface area contributed by atoms with Crippen LogP contribution in [0.15, 0.2) is 0 Å². The lowest BCUT2D eigenvalue weighted by atomic mass is 10.1. The molecule has 2 fully saturated rings. The molecule has 0 aromatic rings. The van der Waals surface area contributed by atoms with Gasteiger partial charge in [0.25, 0.3) is 0 Å². The predicted octanol–water partition coefficient (Wildman–Crippen LogP) is 0.554. The molecule has 1 atom stereocenters. The van der Waals surface area contributed by atoms with Crippen LogP contribution >= 0.6 is 0 Å². The summed E-state index contributed by atoms with van der Waals surface area (Å²) in [7, 11) is 4.32. The Morgan fingerprint density at radius 2 is 1.74 bits per heavy atom. The first-order chi connectivity index (χ1) is 9.13. The Morgan fingerprint density at radius 1 is 1.11 bits per heavy atom. The van der Waals surface area contributed by atoms with Crippen LogP contribution in [0.5, 0.6) is 0 Å². The maximum Gasteiger partial charge on any atom is 0.0110 e. The number of piperazine rings is 1. The van der Waals surface area contributed by atoms with Crippen LogP contribution in [0, 0.1) is 5.92 Å². The fraction of sp³-hybridized carbons (Fsp3) is 1.00. The molecule has 1 saturated heterocycles. The highest BCUT2D eigenvalue weighted by atomic mass is 15.3. The van der Waals surface area contributed by atoms with E-state index in [0.29, 0.717) is 0 Å². The van der Waals surface area contributed by atoms with Gasteiger partial charge in [-0.1, -0.05) is 6.92 Å². The van der Waals surface area contributed by atoms with Crippen LogP contribution in [-0.4, -0.2) is 87.2 Å². The molecule has 4 heteroatoms. The fourth-order valence-corrected chi connectivity index (χ4v) is 2.70. The van der Waals surface area contributed by atoms with Crippen molar-refractivity contribution in [2.45, 2.75) is 25.8 Å². The molecule has 19 heavy (non-hydrogen) atoms. The highest BCUT2D eigenvalue weighted by Gasteiger charge is 2.22. The molecular weight excluding hydrogens is 236 g/mol. The van der Waals surface area contributed by atoms with E-state index in [9.17, 15) is 0 Å². The summed E-state index contributed by atoms with van der Waals surface area (Å²) in [4.78, 5) is 7.52. The van der Waals surface area contributed by atoms with Crippen LogP contribution in [0.4, 0.5) is 0 Å². The van der Waals surface area contributed by atoms with Gasteiger partial charge < -0.3 is 15.1 Å². The average molecular weight is 268 g/mol. The van der Waals surface area contributed by atoms with Crippen LogP contribution in [0.25, 0.3) is 0 Å². The second kappa shape index (κ2) is 7.58. The molecule has 1 aliphatic carbocycles. The first-order valence-corrected chi connectivity index (χ1v) is 7.96. The third kappa shape index (κ3) is 6.21. The quantitative estimate of drug-likeness (QED) is 0.694. The summed E-state index contributed by atoms with van der Waals surface area (Å²) < 4.78 is 0. The summed E-state index contributed by atoms with van der Waals surface area (Å²) in [5.74, 6) is 0.786. The molecule has 1 unspecified atom stereocenters. The minimum absolute atomic E-state index is 0.786. The molecule has 112 valence electrons. The minimum Gasteiger partial charge on any atom is -0.314 e. The highest BCUT2D eigenvalue weighted by molar-refractivity contribution is 4.82. The minimum atomic E-state index is 0.786. The lowest BCUT2D eigenvalue weighted by Gasteiger charge is -2.36. The number of rotatable bonds is 8. The number of nitrogens with zero attached hydrogens (tertiary/aromatic N) is 3. The zero-order valence-corrected chi connectivity index (χ0v) is 13.1. The molecule has 0 aromatic heterocycles. The Balaban J connectivity index is 1.54. The molecule has 1 N–H and O–H groups in total. The van der Waals surface area contributed by atoms with E-state index in [1.807, 2.05) is 0 Å². The van der Waals surface area contributed by atoms with Crippen molar-refractivity contribution >= 4 is 0 Å². The Hall–Kier alpha value is -0.160. The van der Waals surface area contributed by atoms with Crippen LogP contribution in [0.1, 0.15) is 19.8 Å². The van der Waals surface area contributed by atoms with Gasteiger partial charge in [-0.2, -0.15) is 0 Å². The third-order valence-electron chi connectivity index (χ3n) is 4.23. The molecule has 2 aliphatic rings. The fourth-order valence-electron chi connectivity index (χ4n) is 2.70. The van der Waals surface area contributed by atoms with Crippen molar-refractivity contribution in [1.82, 2.24) is 20.0 Å². The van der Waals surface area contributed by atoms with E-state index in [4.69, 9.17) is 0 Å². The summed E-state index contributed by atoms with van der Waals surface area (Å²) in [5, 5.41) is 3.64. The molecule has 0 spiro atoms. The average Bonchev–Trinajstić information content (AvgIpc) is 3.19. The zero-order chi connectivity index (χ0) is 13.7. The van der Waals surface area contributed by atoms with Crippen molar-refractivity contribution in [2.24, 2.45) is 5.92 Å². The Bertz CT molecular complexity index is 245. The zero-order valence-electron chi connectivity index (χ0n) is 13.1. The van der Waals surface area contributed by atoms with E-state index in [1.165, 1.54) is 65.2 Å². The van der Waals surface area contributed by atoms with Crippen molar-refractivity contribution < 1.29 is 0 Å². The van der Waals surface area contributed by atoms with Crippen LogP contribution < -0.4 is 5.32 Å². The van der Waals surface area contributed by atoms with Gasteiger partial charge in [0.1, 0.15) is 0 Å². The lowest BCUT2D eigenvalue weighted by molar-refractivity contribution is 0.114. The number of likely N-dealkylation sites (N-methyl/N-ethyl adjacent to an activating group) is 1. The van der Waals surface area contributed by atoms with Crippen molar-refractivity contribution in [3.63, 3.8) is 0 Å². The van der Waals surface area contributed by atoms with Crippen LogP contribution in [0.3, 0.4) is 0 Å². The highest BCUT2D eigenvalue weighted by Crippen LogP contribution is 2.18. The molecule has 0 aromatic carbocycles. The van der Waals surface area contributed by atoms with Crippen LogP contribution in [-0.2, 0) is 0 Å². The van der Waals surface area contributed by atoms with Gasteiger partial charge in [0.2, 0.25) is 0 Å². The maximum absolute atomic E-state index is 3.64. The summed E-state index contributed by atoms with van der Waals surface area (Å²) in [5.41, 5.74) is 0. The second-order valence-corrected chi connectivity index (χ2v) is 6.73. The third-order valence-corrected chi connectivity index (χ3v) is 4.23. The van der Waals surface area contributed by atoms with Crippen LogP contribution in [0.2, 0.25) is 0 Å². The van der Waals surface area contributed by atoms with Crippen molar-refractivity contribution in [1.29, 1.82) is 0 Å². The van der Waals surface area contributed by atoms with E-state index < -0.39 is 0 Å². The van der Waals surface area contributed by atoms with E-state index in [-0.39, 0.29) is 0 Å². The molecule has 2 rings (SSSR count). The van der Waals surface area contributed by atoms with Gasteiger partial charge in [0.05, 0.1) is 0 Å². The molecule has 1 aliphatic heterocycles. The van der Waals surface area contributed by atoms with E-state index >= 15 is 0 Å². The molecule has 4 nitrogen and oxygen atoms in total. The molecule has 1 heterocycles. The van der Waals surface area contributed by atoms with E-state index in [0.717, 1.165) is 12.0 Å². The maximum atomic E-state index is 3.64. The molecule has 0 bridgehead atoms. The second-order valence-electron chi connectivity index (χ2n) is 6.73. The van der Waals surface area contributed by atoms with Gasteiger partial charge in [-0.25, -0.2) is 0 Å². The normalized spacial score (nSPS) is 24.0. The molecule has 1 saturated carbocycles. The molecule has 0 radical (unpaired) electrons. The number of nitrogens with one attached hydrogen (secondary N) is 1. The predicted molar refractivity (Wildman–Crippen MR) is 81.6 cm³/mol. The summed E-state index contributed by atoms with van der Waals surface area (Å²) in [6.45, 7) is 12.2. The van der Waals surface area contributed by atoms with Gasteiger partial charge >= 0.3 is 0 Å². The topological polar surface area (TPSA) is 21.8 Å². The van der Waals surface area contributed by atoms with Crippen molar-refractivity contribution in [3.8, 4) is 0 Å². The number of hydrogen-bond donors (Lipinski definition) is 1. The van der Waals surface area contributed by atoms with Gasteiger partial charge in [0.15, 0.2) is 0 Å². The largest absolute Gasteiger partial charge is 0.314 e. The van der Waals surface area contributed by atoms with E-state index in [2.05, 4.69) is 41.0 Å². The standard InChI is InChI=1S/C15H32N4/c1-14(12-16-15-4-5-15)13-19-10-8-18(9-11-19)7-6-17(2)3/h14-16H,4-13H2,1-3H3. The van der Waals surface area contributed by atoms with E-state index in [1.54, 1.807) is 0 Å².